The Morgan fingerprint density at radius 1 is 0.938 bits per heavy atom. The maximum Gasteiger partial charge on any atom is 0.274 e. The molecule has 2 amide bonds. The quantitative estimate of drug-likeness (QED) is 0.488. The molecule has 0 radical (unpaired) electrons. The molecule has 0 atom stereocenters. The largest absolute Gasteiger partial charge is 0.324 e. The average Bonchev–Trinajstić information content (AvgIpc) is 2.81. The second-order valence-corrected chi connectivity index (χ2v) is 6.92. The average molecular weight is 431 g/mol. The fourth-order valence-corrected chi connectivity index (χ4v) is 3.11. The molecule has 0 saturated heterocycles. The Bertz CT molecular complexity index is 1350. The normalized spacial score (nSPS) is 10.7. The fraction of sp³-hybridized carbons (Fsp3) is 0.0870. The predicted octanol–water partition coefficient (Wildman–Crippen LogP) is 3.21. The highest BCUT2D eigenvalue weighted by atomic mass is 19.1. The molecule has 2 N–H and O–H groups in total. The first-order valence-electron chi connectivity index (χ1n) is 9.77. The number of hydrogen-bond donors (Lipinski definition) is 2. The summed E-state index contributed by atoms with van der Waals surface area (Å²) in [5, 5.41) is 5.66. The lowest BCUT2D eigenvalue weighted by atomic mass is 10.2. The van der Waals surface area contributed by atoms with E-state index in [1.807, 2.05) is 0 Å². The maximum absolute atomic E-state index is 13.8. The van der Waals surface area contributed by atoms with E-state index in [-0.39, 0.29) is 35.6 Å². The SMILES string of the molecule is O=C(CCn1cnc2ccccc2c1=O)Nc1cc(F)ccc1NC(=O)c1ccccn1. The molecule has 2 heterocycles. The van der Waals surface area contributed by atoms with Crippen LogP contribution in [0.3, 0.4) is 0 Å². The number of halogens is 1. The van der Waals surface area contributed by atoms with Crippen molar-refractivity contribution in [3.8, 4) is 0 Å². The first-order valence-corrected chi connectivity index (χ1v) is 9.77. The number of aryl methyl sites for hydroxylation is 1. The number of carbonyl (C=O) groups is 2. The summed E-state index contributed by atoms with van der Waals surface area (Å²) in [6, 6.07) is 15.4. The Labute approximate surface area is 181 Å². The van der Waals surface area contributed by atoms with Gasteiger partial charge in [0.2, 0.25) is 5.91 Å². The van der Waals surface area contributed by atoms with Gasteiger partial charge in [0.1, 0.15) is 11.5 Å². The van der Waals surface area contributed by atoms with Crippen LogP contribution in [0, 0.1) is 5.82 Å². The molecule has 160 valence electrons. The molecule has 8 nitrogen and oxygen atoms in total. The van der Waals surface area contributed by atoms with Crippen LogP contribution in [0.1, 0.15) is 16.9 Å². The summed E-state index contributed by atoms with van der Waals surface area (Å²) in [6.07, 6.45) is 2.81. The number of amides is 2. The van der Waals surface area contributed by atoms with E-state index < -0.39 is 17.6 Å². The third-order valence-electron chi connectivity index (χ3n) is 4.71. The van der Waals surface area contributed by atoms with Crippen LogP contribution in [-0.2, 0) is 11.3 Å². The van der Waals surface area contributed by atoms with E-state index in [2.05, 4.69) is 20.6 Å². The van der Waals surface area contributed by atoms with Crippen molar-refractivity contribution in [2.45, 2.75) is 13.0 Å². The topological polar surface area (TPSA) is 106 Å². The van der Waals surface area contributed by atoms with Gasteiger partial charge in [-0.3, -0.25) is 23.9 Å². The highest BCUT2D eigenvalue weighted by Gasteiger charge is 2.13. The Hall–Kier alpha value is -4.40. The molecule has 4 aromatic rings. The first-order chi connectivity index (χ1) is 15.5. The van der Waals surface area contributed by atoms with Crippen molar-refractivity contribution in [1.29, 1.82) is 0 Å². The number of carbonyl (C=O) groups excluding carboxylic acids is 2. The standard InChI is InChI=1S/C23H18FN5O3/c24-15-8-9-18(28-22(31)19-7-3-4-11-25-19)20(13-15)27-21(30)10-12-29-14-26-17-6-2-1-5-16(17)23(29)32/h1-9,11,13-14H,10,12H2,(H,27,30)(H,28,31). The van der Waals surface area contributed by atoms with Crippen molar-refractivity contribution in [2.24, 2.45) is 0 Å². The van der Waals surface area contributed by atoms with E-state index in [1.54, 1.807) is 36.4 Å². The smallest absolute Gasteiger partial charge is 0.274 e. The number of para-hydroxylation sites is 1. The summed E-state index contributed by atoms with van der Waals surface area (Å²) >= 11 is 0. The minimum Gasteiger partial charge on any atom is -0.324 e. The summed E-state index contributed by atoms with van der Waals surface area (Å²) in [4.78, 5) is 45.6. The van der Waals surface area contributed by atoms with Crippen molar-refractivity contribution in [3.05, 3.63) is 95.1 Å². The van der Waals surface area contributed by atoms with E-state index in [0.717, 1.165) is 6.07 Å². The van der Waals surface area contributed by atoms with Crippen molar-refractivity contribution >= 4 is 34.1 Å². The van der Waals surface area contributed by atoms with Gasteiger partial charge >= 0.3 is 0 Å². The van der Waals surface area contributed by atoms with Crippen LogP contribution in [-0.4, -0.2) is 26.3 Å². The van der Waals surface area contributed by atoms with Gasteiger partial charge in [-0.25, -0.2) is 9.37 Å². The molecule has 9 heteroatoms. The molecule has 0 saturated carbocycles. The maximum atomic E-state index is 13.8. The van der Waals surface area contributed by atoms with Crippen LogP contribution in [0.5, 0.6) is 0 Å². The second kappa shape index (κ2) is 9.17. The van der Waals surface area contributed by atoms with Crippen molar-refractivity contribution < 1.29 is 14.0 Å². The van der Waals surface area contributed by atoms with Gasteiger partial charge in [0.25, 0.3) is 11.5 Å². The van der Waals surface area contributed by atoms with Crippen LogP contribution in [0.25, 0.3) is 10.9 Å². The number of anilines is 2. The zero-order valence-electron chi connectivity index (χ0n) is 16.8. The van der Waals surface area contributed by atoms with E-state index >= 15 is 0 Å². The lowest BCUT2D eigenvalue weighted by Gasteiger charge is -2.13. The molecule has 0 aliphatic rings. The third-order valence-corrected chi connectivity index (χ3v) is 4.71. The van der Waals surface area contributed by atoms with E-state index in [1.165, 1.54) is 35.3 Å². The van der Waals surface area contributed by atoms with Crippen LogP contribution in [0.4, 0.5) is 15.8 Å². The number of aromatic nitrogens is 3. The fourth-order valence-electron chi connectivity index (χ4n) is 3.11. The number of fused-ring (bicyclic) bond motifs is 1. The Morgan fingerprint density at radius 2 is 1.75 bits per heavy atom. The van der Waals surface area contributed by atoms with Crippen LogP contribution in [0.15, 0.2) is 78.0 Å². The predicted molar refractivity (Wildman–Crippen MR) is 118 cm³/mol. The molecule has 2 aromatic heterocycles. The minimum atomic E-state index is -0.578. The molecular formula is C23H18FN5O3. The molecular weight excluding hydrogens is 413 g/mol. The summed E-state index contributed by atoms with van der Waals surface area (Å²) in [5.74, 6) is -1.53. The zero-order chi connectivity index (χ0) is 22.5. The van der Waals surface area contributed by atoms with Gasteiger partial charge in [0, 0.05) is 19.2 Å². The first kappa shape index (κ1) is 20.9. The molecule has 0 unspecified atom stereocenters. The van der Waals surface area contributed by atoms with Gasteiger partial charge in [0.05, 0.1) is 28.6 Å². The lowest BCUT2D eigenvalue weighted by molar-refractivity contribution is -0.116. The van der Waals surface area contributed by atoms with Gasteiger partial charge in [-0.05, 0) is 42.5 Å². The number of benzene rings is 2. The number of hydrogen-bond acceptors (Lipinski definition) is 5. The van der Waals surface area contributed by atoms with Gasteiger partial charge < -0.3 is 10.6 Å². The van der Waals surface area contributed by atoms with Crippen LogP contribution in [0.2, 0.25) is 0 Å². The summed E-state index contributed by atoms with van der Waals surface area (Å²) in [7, 11) is 0. The van der Waals surface area contributed by atoms with Gasteiger partial charge in [-0.1, -0.05) is 18.2 Å². The lowest BCUT2D eigenvalue weighted by Crippen LogP contribution is -2.24. The van der Waals surface area contributed by atoms with E-state index in [9.17, 15) is 18.8 Å². The van der Waals surface area contributed by atoms with E-state index in [0.29, 0.717) is 10.9 Å². The second-order valence-electron chi connectivity index (χ2n) is 6.92. The molecule has 0 spiro atoms. The Kier molecular flexibility index (Phi) is 5.98. The number of nitrogens with one attached hydrogen (secondary N) is 2. The Balaban J connectivity index is 1.46. The third kappa shape index (κ3) is 4.67. The summed E-state index contributed by atoms with van der Waals surface area (Å²) in [5.41, 5.74) is 0.823. The van der Waals surface area contributed by atoms with Gasteiger partial charge in [-0.15, -0.1) is 0 Å². The monoisotopic (exact) mass is 431 g/mol. The van der Waals surface area contributed by atoms with Crippen LogP contribution >= 0.6 is 0 Å². The van der Waals surface area contributed by atoms with Crippen LogP contribution < -0.4 is 16.2 Å². The van der Waals surface area contributed by atoms with Crippen molar-refractivity contribution in [2.75, 3.05) is 10.6 Å². The number of nitrogens with zero attached hydrogens (tertiary/aromatic N) is 3. The zero-order valence-corrected chi connectivity index (χ0v) is 16.8. The molecule has 0 aliphatic heterocycles. The molecule has 4 rings (SSSR count). The minimum absolute atomic E-state index is 0.0515. The number of pyridine rings is 1. The molecule has 0 aliphatic carbocycles. The Morgan fingerprint density at radius 3 is 2.56 bits per heavy atom. The molecule has 32 heavy (non-hydrogen) atoms. The highest BCUT2D eigenvalue weighted by molar-refractivity contribution is 6.06. The summed E-state index contributed by atoms with van der Waals surface area (Å²) in [6.45, 7) is 0.0907. The van der Waals surface area contributed by atoms with Crippen molar-refractivity contribution in [1.82, 2.24) is 14.5 Å². The van der Waals surface area contributed by atoms with E-state index in [4.69, 9.17) is 0 Å². The summed E-state index contributed by atoms with van der Waals surface area (Å²) < 4.78 is 15.1. The molecule has 0 bridgehead atoms. The van der Waals surface area contributed by atoms with Gasteiger partial charge in [-0.2, -0.15) is 0 Å². The van der Waals surface area contributed by atoms with Gasteiger partial charge in [0.15, 0.2) is 0 Å². The molecule has 0 fully saturated rings. The highest BCUT2D eigenvalue weighted by Crippen LogP contribution is 2.23. The molecule has 2 aromatic carbocycles. The van der Waals surface area contributed by atoms with Crippen molar-refractivity contribution in [3.63, 3.8) is 0 Å². The number of rotatable bonds is 6.